The third kappa shape index (κ3) is 4.55. The number of ether oxygens (including phenoxy) is 4. The van der Waals surface area contributed by atoms with Crippen LogP contribution in [0.4, 0.5) is 0 Å². The highest BCUT2D eigenvalue weighted by atomic mass is 16.6. The molecule has 0 bridgehead atoms. The molecule has 0 unspecified atom stereocenters. The van der Waals surface area contributed by atoms with E-state index in [4.69, 9.17) is 18.9 Å². The summed E-state index contributed by atoms with van der Waals surface area (Å²) in [5.74, 6) is 0.941. The molecule has 0 amide bonds. The van der Waals surface area contributed by atoms with Crippen molar-refractivity contribution in [3.05, 3.63) is 17.7 Å². The number of carbonyl (C=O) groups excluding carboxylic acids is 1. The van der Waals surface area contributed by atoms with Crippen molar-refractivity contribution >= 4 is 5.97 Å². The van der Waals surface area contributed by atoms with Gasteiger partial charge in [-0.25, -0.2) is 4.79 Å². The summed E-state index contributed by atoms with van der Waals surface area (Å²) in [5, 5.41) is 0. The van der Waals surface area contributed by atoms with Crippen molar-refractivity contribution in [1.29, 1.82) is 0 Å². The lowest BCUT2D eigenvalue weighted by molar-refractivity contribution is 0.0372. The van der Waals surface area contributed by atoms with Crippen LogP contribution in [0.1, 0.15) is 45.0 Å². The summed E-state index contributed by atoms with van der Waals surface area (Å²) in [6.07, 6.45) is -0.200. The van der Waals surface area contributed by atoms with Gasteiger partial charge < -0.3 is 18.9 Å². The molecular weight excluding hydrogens is 272 g/mol. The molecule has 0 aliphatic heterocycles. The minimum Gasteiger partial charge on any atom is -0.490 e. The van der Waals surface area contributed by atoms with E-state index in [0.717, 1.165) is 0 Å². The highest BCUT2D eigenvalue weighted by Gasteiger charge is 2.23. The van der Waals surface area contributed by atoms with Crippen LogP contribution < -0.4 is 14.2 Å². The fourth-order valence-corrected chi connectivity index (χ4v) is 1.82. The fourth-order valence-electron chi connectivity index (χ4n) is 1.82. The van der Waals surface area contributed by atoms with Gasteiger partial charge in [0, 0.05) is 0 Å². The van der Waals surface area contributed by atoms with Crippen molar-refractivity contribution in [1.82, 2.24) is 0 Å². The maximum Gasteiger partial charge on any atom is 0.342 e. The SMILES string of the molecule is CCOc1ccc(C(=O)OC(C)C)c(OCC)c1OCC. The Balaban J connectivity index is 3.29. The topological polar surface area (TPSA) is 54.0 Å². The fraction of sp³-hybridized carbons (Fsp3) is 0.562. The van der Waals surface area contributed by atoms with Gasteiger partial charge in [0.15, 0.2) is 11.5 Å². The first-order valence-corrected chi connectivity index (χ1v) is 7.31. The molecule has 0 heterocycles. The van der Waals surface area contributed by atoms with Crippen LogP contribution in [0.15, 0.2) is 12.1 Å². The van der Waals surface area contributed by atoms with E-state index < -0.39 is 5.97 Å². The lowest BCUT2D eigenvalue weighted by atomic mass is 10.1. The third-order valence-corrected chi connectivity index (χ3v) is 2.52. The summed E-state index contributed by atoms with van der Waals surface area (Å²) in [6, 6.07) is 3.34. The molecule has 0 spiro atoms. The van der Waals surface area contributed by atoms with Crippen LogP contribution in [0.25, 0.3) is 0 Å². The van der Waals surface area contributed by atoms with Crippen molar-refractivity contribution in [2.45, 2.75) is 40.7 Å². The minimum atomic E-state index is -0.433. The van der Waals surface area contributed by atoms with Gasteiger partial charge >= 0.3 is 5.97 Å². The number of esters is 1. The van der Waals surface area contributed by atoms with Crippen LogP contribution in [0.5, 0.6) is 17.2 Å². The Hall–Kier alpha value is -1.91. The summed E-state index contributed by atoms with van der Waals surface area (Å²) < 4.78 is 22.0. The average Bonchev–Trinajstić information content (AvgIpc) is 2.42. The average molecular weight is 296 g/mol. The molecule has 1 rings (SSSR count). The predicted molar refractivity (Wildman–Crippen MR) is 80.5 cm³/mol. The van der Waals surface area contributed by atoms with E-state index in [0.29, 0.717) is 42.6 Å². The molecule has 0 radical (unpaired) electrons. The number of hydrogen-bond acceptors (Lipinski definition) is 5. The van der Waals surface area contributed by atoms with Crippen LogP contribution >= 0.6 is 0 Å². The van der Waals surface area contributed by atoms with E-state index in [9.17, 15) is 4.79 Å². The third-order valence-electron chi connectivity index (χ3n) is 2.52. The monoisotopic (exact) mass is 296 g/mol. The zero-order chi connectivity index (χ0) is 15.8. The van der Waals surface area contributed by atoms with Crippen molar-refractivity contribution in [2.24, 2.45) is 0 Å². The number of benzene rings is 1. The summed E-state index contributed by atoms with van der Waals surface area (Å²) in [4.78, 5) is 12.2. The van der Waals surface area contributed by atoms with Crippen LogP contribution in [0.2, 0.25) is 0 Å². The van der Waals surface area contributed by atoms with E-state index in [2.05, 4.69) is 0 Å². The van der Waals surface area contributed by atoms with E-state index in [1.54, 1.807) is 26.0 Å². The lowest BCUT2D eigenvalue weighted by Crippen LogP contribution is -2.14. The summed E-state index contributed by atoms with van der Waals surface area (Å²) in [5.41, 5.74) is 0.345. The molecule has 0 aromatic heterocycles. The Kier molecular flexibility index (Phi) is 6.85. The molecule has 5 nitrogen and oxygen atoms in total. The molecule has 0 atom stereocenters. The van der Waals surface area contributed by atoms with E-state index in [1.807, 2.05) is 20.8 Å². The van der Waals surface area contributed by atoms with E-state index in [-0.39, 0.29) is 6.10 Å². The summed E-state index contributed by atoms with van der Waals surface area (Å²) >= 11 is 0. The van der Waals surface area contributed by atoms with Crippen molar-refractivity contribution in [3.8, 4) is 17.2 Å². The first-order valence-electron chi connectivity index (χ1n) is 7.31. The van der Waals surface area contributed by atoms with Crippen LogP contribution in [0, 0.1) is 0 Å². The van der Waals surface area contributed by atoms with E-state index >= 15 is 0 Å². The summed E-state index contributed by atoms with van der Waals surface area (Å²) in [7, 11) is 0. The minimum absolute atomic E-state index is 0.200. The summed E-state index contributed by atoms with van der Waals surface area (Å²) in [6.45, 7) is 10.6. The molecule has 1 aromatic rings. The first kappa shape index (κ1) is 17.1. The zero-order valence-electron chi connectivity index (χ0n) is 13.4. The van der Waals surface area contributed by atoms with Gasteiger partial charge in [0.2, 0.25) is 5.75 Å². The van der Waals surface area contributed by atoms with Gasteiger partial charge in [-0.05, 0) is 46.8 Å². The standard InChI is InChI=1S/C16H24O5/c1-6-18-13-10-9-12(16(17)21-11(4)5)14(19-7-2)15(13)20-8-3/h9-11H,6-8H2,1-5H3. The number of hydrogen-bond donors (Lipinski definition) is 0. The Morgan fingerprint density at radius 3 is 2.05 bits per heavy atom. The zero-order valence-corrected chi connectivity index (χ0v) is 13.4. The smallest absolute Gasteiger partial charge is 0.342 e. The molecule has 118 valence electrons. The number of rotatable bonds is 8. The Labute approximate surface area is 126 Å². The van der Waals surface area contributed by atoms with Crippen molar-refractivity contribution < 1.29 is 23.7 Å². The molecule has 21 heavy (non-hydrogen) atoms. The predicted octanol–water partition coefficient (Wildman–Crippen LogP) is 3.45. The van der Waals surface area contributed by atoms with Crippen molar-refractivity contribution in [3.63, 3.8) is 0 Å². The van der Waals surface area contributed by atoms with Gasteiger partial charge in [-0.2, -0.15) is 0 Å². The Morgan fingerprint density at radius 1 is 0.952 bits per heavy atom. The van der Waals surface area contributed by atoms with Gasteiger partial charge in [-0.15, -0.1) is 0 Å². The van der Waals surface area contributed by atoms with E-state index in [1.165, 1.54) is 0 Å². The second kappa shape index (κ2) is 8.39. The molecule has 0 fully saturated rings. The molecule has 0 saturated carbocycles. The van der Waals surface area contributed by atoms with Crippen LogP contribution in [0.3, 0.4) is 0 Å². The largest absolute Gasteiger partial charge is 0.490 e. The van der Waals surface area contributed by atoms with Crippen LogP contribution in [-0.4, -0.2) is 31.9 Å². The highest BCUT2D eigenvalue weighted by molar-refractivity contribution is 5.94. The molecule has 0 saturated heterocycles. The van der Waals surface area contributed by atoms with Gasteiger partial charge in [0.1, 0.15) is 5.56 Å². The molecular formula is C16H24O5. The molecule has 1 aromatic carbocycles. The molecule has 0 aliphatic carbocycles. The van der Waals surface area contributed by atoms with Crippen LogP contribution in [-0.2, 0) is 4.74 Å². The normalized spacial score (nSPS) is 10.4. The quantitative estimate of drug-likeness (QED) is 0.688. The second-order valence-electron chi connectivity index (χ2n) is 4.52. The molecule has 0 aliphatic rings. The van der Waals surface area contributed by atoms with Gasteiger partial charge in [-0.3, -0.25) is 0 Å². The van der Waals surface area contributed by atoms with Crippen molar-refractivity contribution in [2.75, 3.05) is 19.8 Å². The van der Waals surface area contributed by atoms with Gasteiger partial charge in [0.05, 0.1) is 25.9 Å². The molecule has 0 N–H and O–H groups in total. The second-order valence-corrected chi connectivity index (χ2v) is 4.52. The Morgan fingerprint density at radius 2 is 1.52 bits per heavy atom. The first-order chi connectivity index (χ1) is 10.0. The van der Waals surface area contributed by atoms with Gasteiger partial charge in [-0.1, -0.05) is 0 Å². The van der Waals surface area contributed by atoms with Gasteiger partial charge in [0.25, 0.3) is 0 Å². The maximum absolute atomic E-state index is 12.2. The Bertz CT molecular complexity index is 468. The highest BCUT2D eigenvalue weighted by Crippen LogP contribution is 2.40. The number of carbonyl (C=O) groups is 1. The maximum atomic E-state index is 12.2. The molecule has 5 heteroatoms. The lowest BCUT2D eigenvalue weighted by Gasteiger charge is -2.18.